The van der Waals surface area contributed by atoms with E-state index in [9.17, 15) is 8.78 Å². The number of benzene rings is 1. The molecule has 90 valence electrons. The minimum atomic E-state index is -0.797. The Morgan fingerprint density at radius 2 is 2.00 bits per heavy atom. The summed E-state index contributed by atoms with van der Waals surface area (Å²) in [5, 5.41) is 0. The summed E-state index contributed by atoms with van der Waals surface area (Å²) in [5.41, 5.74) is 6.22. The minimum Gasteiger partial charge on any atom is -0.330 e. The highest BCUT2D eigenvalue weighted by molar-refractivity contribution is 5.17. The summed E-state index contributed by atoms with van der Waals surface area (Å²) in [6.45, 7) is 5.07. The van der Waals surface area contributed by atoms with Crippen LogP contribution >= 0.6 is 0 Å². The van der Waals surface area contributed by atoms with E-state index in [-0.39, 0.29) is 0 Å². The predicted molar refractivity (Wildman–Crippen MR) is 61.0 cm³/mol. The quantitative estimate of drug-likeness (QED) is 0.808. The van der Waals surface area contributed by atoms with Crippen molar-refractivity contribution in [2.75, 3.05) is 19.6 Å². The number of hydrogen-bond donors (Lipinski definition) is 1. The molecule has 0 aliphatic heterocycles. The van der Waals surface area contributed by atoms with Crippen LogP contribution in [-0.4, -0.2) is 24.5 Å². The molecular weight excluding hydrogens is 210 g/mol. The predicted octanol–water partition coefficient (Wildman–Crippen LogP) is 2.14. The molecule has 4 heteroatoms. The Balaban J connectivity index is 2.59. The lowest BCUT2D eigenvalue weighted by Gasteiger charge is -2.20. The van der Waals surface area contributed by atoms with Gasteiger partial charge in [-0.15, -0.1) is 0 Å². The fraction of sp³-hybridized carbons (Fsp3) is 0.500. The van der Waals surface area contributed by atoms with Gasteiger partial charge in [0.15, 0.2) is 11.6 Å². The molecule has 0 saturated carbocycles. The molecule has 0 spiro atoms. The first-order valence-electron chi connectivity index (χ1n) is 5.53. The molecule has 0 atom stereocenters. The van der Waals surface area contributed by atoms with Gasteiger partial charge in [-0.2, -0.15) is 0 Å². The van der Waals surface area contributed by atoms with Gasteiger partial charge in [-0.3, -0.25) is 4.90 Å². The first-order chi connectivity index (χ1) is 7.67. The number of nitrogens with two attached hydrogens (primary N) is 1. The molecule has 1 rings (SSSR count). The third-order valence-electron chi connectivity index (χ3n) is 2.52. The van der Waals surface area contributed by atoms with E-state index in [0.29, 0.717) is 13.1 Å². The highest BCUT2D eigenvalue weighted by atomic mass is 19.2. The highest BCUT2D eigenvalue weighted by Gasteiger charge is 2.06. The van der Waals surface area contributed by atoms with Gasteiger partial charge in [0.1, 0.15) is 0 Å². The van der Waals surface area contributed by atoms with Crippen LogP contribution in [0, 0.1) is 11.6 Å². The van der Waals surface area contributed by atoms with Crippen LogP contribution in [0.25, 0.3) is 0 Å². The molecule has 1 aromatic rings. The van der Waals surface area contributed by atoms with E-state index < -0.39 is 11.6 Å². The minimum absolute atomic E-state index is 0.633. The average Bonchev–Trinajstić information content (AvgIpc) is 2.29. The fourth-order valence-corrected chi connectivity index (χ4v) is 1.56. The first kappa shape index (κ1) is 13.1. The molecule has 0 aromatic heterocycles. The van der Waals surface area contributed by atoms with Crippen molar-refractivity contribution in [3.8, 4) is 0 Å². The van der Waals surface area contributed by atoms with E-state index in [2.05, 4.69) is 4.90 Å². The van der Waals surface area contributed by atoms with Gasteiger partial charge < -0.3 is 5.73 Å². The summed E-state index contributed by atoms with van der Waals surface area (Å²) in [6, 6.07) is 4.03. The van der Waals surface area contributed by atoms with Crippen molar-refractivity contribution < 1.29 is 8.78 Å². The molecule has 0 saturated heterocycles. The number of halogens is 2. The molecule has 0 unspecified atom stereocenters. The van der Waals surface area contributed by atoms with E-state index in [1.807, 2.05) is 6.92 Å². The largest absolute Gasteiger partial charge is 0.330 e. The lowest BCUT2D eigenvalue weighted by Crippen LogP contribution is -2.25. The Morgan fingerprint density at radius 1 is 1.25 bits per heavy atom. The van der Waals surface area contributed by atoms with E-state index in [1.54, 1.807) is 6.07 Å². The Labute approximate surface area is 95.1 Å². The van der Waals surface area contributed by atoms with E-state index in [4.69, 9.17) is 5.73 Å². The average molecular weight is 228 g/mol. The summed E-state index contributed by atoms with van der Waals surface area (Å²) in [7, 11) is 0. The fourth-order valence-electron chi connectivity index (χ4n) is 1.56. The molecule has 2 nitrogen and oxygen atoms in total. The molecule has 0 amide bonds. The second kappa shape index (κ2) is 6.55. The first-order valence-corrected chi connectivity index (χ1v) is 5.53. The number of hydrogen-bond acceptors (Lipinski definition) is 2. The molecule has 1 aromatic carbocycles. The van der Waals surface area contributed by atoms with Crippen LogP contribution in [0.5, 0.6) is 0 Å². The maximum Gasteiger partial charge on any atom is 0.159 e. The number of rotatable bonds is 6. The van der Waals surface area contributed by atoms with E-state index in [0.717, 1.165) is 25.1 Å². The monoisotopic (exact) mass is 228 g/mol. The van der Waals surface area contributed by atoms with Gasteiger partial charge in [0.2, 0.25) is 0 Å². The van der Waals surface area contributed by atoms with Gasteiger partial charge in [-0.1, -0.05) is 13.0 Å². The zero-order valence-electron chi connectivity index (χ0n) is 9.55. The maximum absolute atomic E-state index is 13.0. The van der Waals surface area contributed by atoms with Crippen LogP contribution in [-0.2, 0) is 6.54 Å². The van der Waals surface area contributed by atoms with E-state index in [1.165, 1.54) is 12.1 Å². The van der Waals surface area contributed by atoms with Crippen LogP contribution in [0.3, 0.4) is 0 Å². The van der Waals surface area contributed by atoms with Crippen LogP contribution in [0.4, 0.5) is 8.78 Å². The lowest BCUT2D eigenvalue weighted by atomic mass is 10.2. The Bertz CT molecular complexity index is 329. The van der Waals surface area contributed by atoms with Crippen LogP contribution in [0.1, 0.15) is 18.9 Å². The van der Waals surface area contributed by atoms with Gasteiger partial charge in [-0.05, 0) is 43.8 Å². The molecule has 16 heavy (non-hydrogen) atoms. The summed E-state index contributed by atoms with van der Waals surface area (Å²) in [6.07, 6.45) is 0.914. The van der Waals surface area contributed by atoms with Crippen molar-refractivity contribution in [2.24, 2.45) is 5.73 Å². The number of nitrogens with zero attached hydrogens (tertiary/aromatic N) is 1. The van der Waals surface area contributed by atoms with Crippen molar-refractivity contribution >= 4 is 0 Å². The lowest BCUT2D eigenvalue weighted by molar-refractivity contribution is 0.277. The van der Waals surface area contributed by atoms with Crippen LogP contribution in [0.2, 0.25) is 0 Å². The van der Waals surface area contributed by atoms with Crippen molar-refractivity contribution in [1.82, 2.24) is 4.90 Å². The molecule has 0 radical (unpaired) electrons. The van der Waals surface area contributed by atoms with Gasteiger partial charge in [0, 0.05) is 6.54 Å². The van der Waals surface area contributed by atoms with Crippen molar-refractivity contribution in [2.45, 2.75) is 19.9 Å². The van der Waals surface area contributed by atoms with E-state index >= 15 is 0 Å². The summed E-state index contributed by atoms with van der Waals surface area (Å²) in [5.74, 6) is -1.58. The second-order valence-corrected chi connectivity index (χ2v) is 3.76. The highest BCUT2D eigenvalue weighted by Crippen LogP contribution is 2.11. The summed E-state index contributed by atoms with van der Waals surface area (Å²) >= 11 is 0. The van der Waals surface area contributed by atoms with Crippen molar-refractivity contribution in [3.05, 3.63) is 35.4 Å². The summed E-state index contributed by atoms with van der Waals surface area (Å²) < 4.78 is 25.7. The third kappa shape index (κ3) is 3.87. The Kier molecular flexibility index (Phi) is 5.35. The standard InChI is InChI=1S/C12H18F2N2/c1-2-16(7-3-6-15)9-10-4-5-11(13)12(14)8-10/h4-5,8H,2-3,6-7,9,15H2,1H3. The van der Waals surface area contributed by atoms with Gasteiger partial charge in [0.25, 0.3) is 0 Å². The zero-order chi connectivity index (χ0) is 12.0. The summed E-state index contributed by atoms with van der Waals surface area (Å²) in [4.78, 5) is 2.15. The van der Waals surface area contributed by atoms with Crippen LogP contribution < -0.4 is 5.73 Å². The maximum atomic E-state index is 13.0. The Hall–Kier alpha value is -1.00. The van der Waals surface area contributed by atoms with Gasteiger partial charge in [0.05, 0.1) is 0 Å². The Morgan fingerprint density at radius 3 is 2.56 bits per heavy atom. The molecule has 0 fully saturated rings. The molecule has 0 heterocycles. The van der Waals surface area contributed by atoms with Gasteiger partial charge >= 0.3 is 0 Å². The van der Waals surface area contributed by atoms with Gasteiger partial charge in [-0.25, -0.2) is 8.78 Å². The zero-order valence-corrected chi connectivity index (χ0v) is 9.55. The third-order valence-corrected chi connectivity index (χ3v) is 2.52. The molecule has 2 N–H and O–H groups in total. The second-order valence-electron chi connectivity index (χ2n) is 3.76. The molecule has 0 bridgehead atoms. The molecule has 0 aliphatic rings. The molecule has 0 aliphatic carbocycles. The topological polar surface area (TPSA) is 29.3 Å². The van der Waals surface area contributed by atoms with Crippen LogP contribution in [0.15, 0.2) is 18.2 Å². The molecular formula is C12H18F2N2. The SMILES string of the molecule is CCN(CCCN)Cc1ccc(F)c(F)c1. The normalized spacial score (nSPS) is 11.1. The van der Waals surface area contributed by atoms with Crippen molar-refractivity contribution in [1.29, 1.82) is 0 Å². The van der Waals surface area contributed by atoms with Crippen molar-refractivity contribution in [3.63, 3.8) is 0 Å². The smallest absolute Gasteiger partial charge is 0.159 e.